The molecule has 0 saturated heterocycles. The number of nitrogens with one attached hydrogen (secondary N) is 1. The van der Waals surface area contributed by atoms with Crippen molar-refractivity contribution >= 4 is 11.3 Å². The molecule has 0 aromatic carbocycles. The van der Waals surface area contributed by atoms with E-state index in [1.54, 1.807) is 24.8 Å². The fourth-order valence-corrected chi connectivity index (χ4v) is 2.84. The Morgan fingerprint density at radius 3 is 2.84 bits per heavy atom. The lowest BCUT2D eigenvalue weighted by Gasteiger charge is -2.16. The van der Waals surface area contributed by atoms with Gasteiger partial charge in [-0.15, -0.1) is 11.3 Å². The molecule has 0 radical (unpaired) electrons. The first-order valence-corrected chi connectivity index (χ1v) is 7.22. The summed E-state index contributed by atoms with van der Waals surface area (Å²) in [4.78, 5) is 11.0. The van der Waals surface area contributed by atoms with Gasteiger partial charge in [-0.25, -0.2) is 9.97 Å². The van der Waals surface area contributed by atoms with Crippen molar-refractivity contribution in [2.75, 3.05) is 13.7 Å². The van der Waals surface area contributed by atoms with Crippen LogP contribution in [0.2, 0.25) is 0 Å². The Morgan fingerprint density at radius 1 is 1.37 bits per heavy atom. The van der Waals surface area contributed by atoms with Crippen LogP contribution in [0.3, 0.4) is 0 Å². The molecular weight excluding hydrogens is 258 g/mol. The fraction of sp³-hybridized carbons (Fsp3) is 0.429. The van der Waals surface area contributed by atoms with Gasteiger partial charge in [-0.05, 0) is 32.0 Å². The number of rotatable bonds is 6. The van der Waals surface area contributed by atoms with E-state index in [0.717, 1.165) is 18.7 Å². The summed E-state index contributed by atoms with van der Waals surface area (Å²) in [6.07, 6.45) is 2.64. The van der Waals surface area contributed by atoms with Crippen LogP contribution in [0.15, 0.2) is 24.5 Å². The zero-order valence-corrected chi connectivity index (χ0v) is 12.3. The van der Waals surface area contributed by atoms with Gasteiger partial charge < -0.3 is 10.1 Å². The number of hydrogen-bond donors (Lipinski definition) is 1. The van der Waals surface area contributed by atoms with Gasteiger partial charge in [-0.2, -0.15) is 0 Å². The van der Waals surface area contributed by atoms with E-state index >= 15 is 0 Å². The predicted octanol–water partition coefficient (Wildman–Crippen LogP) is 2.94. The smallest absolute Gasteiger partial charge is 0.216 e. The number of nitrogens with zero attached hydrogens (tertiary/aromatic N) is 2. The first-order valence-electron chi connectivity index (χ1n) is 6.40. The molecule has 19 heavy (non-hydrogen) atoms. The molecule has 1 unspecified atom stereocenters. The zero-order valence-electron chi connectivity index (χ0n) is 11.5. The second kappa shape index (κ2) is 6.63. The quantitative estimate of drug-likeness (QED) is 0.882. The molecule has 2 heterocycles. The Bertz CT molecular complexity index is 527. The van der Waals surface area contributed by atoms with E-state index in [0.29, 0.717) is 5.88 Å². The summed E-state index contributed by atoms with van der Waals surface area (Å²) in [5.74, 6) is 0.599. The largest absolute Gasteiger partial charge is 0.481 e. The van der Waals surface area contributed by atoms with Gasteiger partial charge in [0.15, 0.2) is 0 Å². The van der Waals surface area contributed by atoms with E-state index in [2.05, 4.69) is 41.3 Å². The van der Waals surface area contributed by atoms with Gasteiger partial charge >= 0.3 is 0 Å². The fourth-order valence-electron chi connectivity index (χ4n) is 1.87. The van der Waals surface area contributed by atoms with Crippen LogP contribution >= 0.6 is 11.3 Å². The molecule has 2 aromatic rings. The molecule has 0 saturated carbocycles. The number of thiophene rings is 1. The second-order valence-electron chi connectivity index (χ2n) is 4.32. The van der Waals surface area contributed by atoms with Crippen molar-refractivity contribution in [1.82, 2.24) is 15.3 Å². The number of methoxy groups -OCH3 is 1. The van der Waals surface area contributed by atoms with E-state index in [-0.39, 0.29) is 6.04 Å². The number of hydrogen-bond acceptors (Lipinski definition) is 5. The van der Waals surface area contributed by atoms with Gasteiger partial charge in [0.2, 0.25) is 5.88 Å². The van der Waals surface area contributed by atoms with Crippen LogP contribution in [0, 0.1) is 6.92 Å². The predicted molar refractivity (Wildman–Crippen MR) is 77.8 cm³/mol. The minimum Gasteiger partial charge on any atom is -0.481 e. The van der Waals surface area contributed by atoms with E-state index in [9.17, 15) is 0 Å². The van der Waals surface area contributed by atoms with Crippen LogP contribution in [0.1, 0.15) is 34.8 Å². The van der Waals surface area contributed by atoms with Crippen molar-refractivity contribution in [2.45, 2.75) is 26.3 Å². The molecule has 1 N–H and O–H groups in total. The maximum absolute atomic E-state index is 5.18. The molecule has 0 aliphatic rings. The Balaban J connectivity index is 2.30. The summed E-state index contributed by atoms with van der Waals surface area (Å²) < 4.78 is 5.18. The molecule has 4 nitrogen and oxygen atoms in total. The van der Waals surface area contributed by atoms with Crippen molar-refractivity contribution in [2.24, 2.45) is 0 Å². The van der Waals surface area contributed by atoms with Crippen molar-refractivity contribution in [3.63, 3.8) is 0 Å². The van der Waals surface area contributed by atoms with Gasteiger partial charge in [0.05, 0.1) is 18.8 Å². The summed E-state index contributed by atoms with van der Waals surface area (Å²) in [7, 11) is 1.62. The lowest BCUT2D eigenvalue weighted by Crippen LogP contribution is -2.23. The molecule has 0 aliphatic carbocycles. The van der Waals surface area contributed by atoms with Gasteiger partial charge in [-0.1, -0.05) is 6.92 Å². The highest BCUT2D eigenvalue weighted by molar-refractivity contribution is 7.12. The monoisotopic (exact) mass is 277 g/mol. The zero-order chi connectivity index (χ0) is 13.7. The Kier molecular flexibility index (Phi) is 4.87. The maximum atomic E-state index is 5.18. The van der Waals surface area contributed by atoms with E-state index in [1.807, 2.05) is 6.07 Å². The third kappa shape index (κ3) is 3.52. The van der Waals surface area contributed by atoms with Gasteiger partial charge in [-0.3, -0.25) is 0 Å². The highest BCUT2D eigenvalue weighted by Gasteiger charge is 2.17. The van der Waals surface area contributed by atoms with Gasteiger partial charge in [0.25, 0.3) is 0 Å². The van der Waals surface area contributed by atoms with Gasteiger partial charge in [0, 0.05) is 15.8 Å². The third-order valence-electron chi connectivity index (χ3n) is 2.81. The average Bonchev–Trinajstić information content (AvgIpc) is 2.86. The Morgan fingerprint density at radius 2 is 2.21 bits per heavy atom. The van der Waals surface area contributed by atoms with Crippen LogP contribution in [0.4, 0.5) is 0 Å². The third-order valence-corrected chi connectivity index (χ3v) is 3.88. The maximum Gasteiger partial charge on any atom is 0.216 e. The van der Waals surface area contributed by atoms with Crippen LogP contribution in [-0.2, 0) is 0 Å². The van der Waals surface area contributed by atoms with E-state index in [1.165, 1.54) is 9.75 Å². The Labute approximate surface area is 117 Å². The first kappa shape index (κ1) is 14.0. The standard InChI is InChI=1S/C14H19N3OS/c1-4-7-15-14(12-6-5-10(2)19-12)11-8-13(18-3)17-9-16-11/h5-6,8-9,14-15H,4,7H2,1-3H3. The summed E-state index contributed by atoms with van der Waals surface area (Å²) >= 11 is 1.79. The van der Waals surface area contributed by atoms with E-state index in [4.69, 9.17) is 4.74 Å². The molecule has 0 aliphatic heterocycles. The summed E-state index contributed by atoms with van der Waals surface area (Å²) in [6.45, 7) is 5.23. The molecule has 0 bridgehead atoms. The molecule has 0 fully saturated rings. The molecule has 1 atom stereocenters. The molecule has 102 valence electrons. The molecule has 2 aromatic heterocycles. The second-order valence-corrected chi connectivity index (χ2v) is 5.64. The average molecular weight is 277 g/mol. The number of ether oxygens (including phenoxy) is 1. The minimum atomic E-state index is 0.107. The van der Waals surface area contributed by atoms with Crippen LogP contribution in [-0.4, -0.2) is 23.6 Å². The van der Waals surface area contributed by atoms with Gasteiger partial charge in [0.1, 0.15) is 6.33 Å². The Hall–Kier alpha value is -1.46. The van der Waals surface area contributed by atoms with Crippen LogP contribution < -0.4 is 10.1 Å². The van der Waals surface area contributed by atoms with Crippen molar-refractivity contribution in [3.05, 3.63) is 40.0 Å². The normalized spacial score (nSPS) is 12.4. The van der Waals surface area contributed by atoms with Crippen LogP contribution in [0.5, 0.6) is 5.88 Å². The molecule has 0 amide bonds. The lowest BCUT2D eigenvalue weighted by molar-refractivity contribution is 0.395. The number of aromatic nitrogens is 2. The highest BCUT2D eigenvalue weighted by Crippen LogP contribution is 2.28. The number of aryl methyl sites for hydroxylation is 1. The molecular formula is C14H19N3OS. The van der Waals surface area contributed by atoms with E-state index < -0.39 is 0 Å². The van der Waals surface area contributed by atoms with Crippen molar-refractivity contribution < 1.29 is 4.74 Å². The van der Waals surface area contributed by atoms with Crippen molar-refractivity contribution in [1.29, 1.82) is 0 Å². The summed E-state index contributed by atoms with van der Waals surface area (Å²) in [5.41, 5.74) is 0.946. The first-order chi connectivity index (χ1) is 9.24. The van der Waals surface area contributed by atoms with Crippen LogP contribution in [0.25, 0.3) is 0 Å². The van der Waals surface area contributed by atoms with Crippen molar-refractivity contribution in [3.8, 4) is 5.88 Å². The highest BCUT2D eigenvalue weighted by atomic mass is 32.1. The summed E-state index contributed by atoms with van der Waals surface area (Å²) in [6, 6.07) is 6.29. The minimum absolute atomic E-state index is 0.107. The molecule has 5 heteroatoms. The topological polar surface area (TPSA) is 47.0 Å². The molecule has 2 rings (SSSR count). The SMILES string of the molecule is CCCNC(c1cc(OC)ncn1)c1ccc(C)s1. The lowest BCUT2D eigenvalue weighted by atomic mass is 10.1. The molecule has 0 spiro atoms. The summed E-state index contributed by atoms with van der Waals surface area (Å²) in [5, 5.41) is 3.53.